The number of nitrogens with one attached hydrogen (secondary N) is 1. The summed E-state index contributed by atoms with van der Waals surface area (Å²) >= 11 is 5.97. The molecule has 0 bridgehead atoms. The highest BCUT2D eigenvalue weighted by atomic mass is 35.5. The van der Waals surface area contributed by atoms with E-state index in [4.69, 9.17) is 16.0 Å². The molecule has 1 amide bonds. The number of rotatable bonds is 6. The van der Waals surface area contributed by atoms with Gasteiger partial charge in [-0.05, 0) is 48.4 Å². The molecule has 0 aliphatic carbocycles. The zero-order valence-corrected chi connectivity index (χ0v) is 16.2. The molecule has 0 aliphatic heterocycles. The topological polar surface area (TPSA) is 68.0 Å². The van der Waals surface area contributed by atoms with E-state index in [2.05, 4.69) is 15.3 Å². The number of pyridine rings is 1. The Balaban J connectivity index is 1.50. The molecule has 0 radical (unpaired) electrons. The minimum absolute atomic E-state index is 0.253. The fourth-order valence-corrected chi connectivity index (χ4v) is 3.12. The maximum absolute atomic E-state index is 12.5. The van der Waals surface area contributed by atoms with Gasteiger partial charge in [-0.1, -0.05) is 41.9 Å². The van der Waals surface area contributed by atoms with E-state index in [9.17, 15) is 4.79 Å². The Kier molecular flexibility index (Phi) is 5.68. The lowest BCUT2D eigenvalue weighted by Crippen LogP contribution is -2.29. The van der Waals surface area contributed by atoms with Crippen molar-refractivity contribution >= 4 is 34.7 Å². The first-order chi connectivity index (χ1) is 14.2. The average molecular weight is 404 g/mol. The molecular formula is C23H18ClN3O2. The van der Waals surface area contributed by atoms with Crippen molar-refractivity contribution in [2.45, 2.75) is 12.5 Å². The van der Waals surface area contributed by atoms with Gasteiger partial charge in [0, 0.05) is 23.4 Å². The van der Waals surface area contributed by atoms with E-state index in [1.165, 1.54) is 6.08 Å². The van der Waals surface area contributed by atoms with Gasteiger partial charge in [-0.3, -0.25) is 9.78 Å². The summed E-state index contributed by atoms with van der Waals surface area (Å²) in [5.41, 5.74) is 3.27. The van der Waals surface area contributed by atoms with Crippen molar-refractivity contribution < 1.29 is 9.21 Å². The van der Waals surface area contributed by atoms with Crippen LogP contribution in [0.3, 0.4) is 0 Å². The lowest BCUT2D eigenvalue weighted by molar-refractivity contribution is -0.117. The van der Waals surface area contributed by atoms with E-state index in [1.807, 2.05) is 66.7 Å². The highest BCUT2D eigenvalue weighted by Gasteiger charge is 2.15. The van der Waals surface area contributed by atoms with E-state index in [0.29, 0.717) is 22.9 Å². The fraction of sp³-hybridized carbons (Fsp3) is 0.0870. The maximum atomic E-state index is 12.5. The van der Waals surface area contributed by atoms with Crippen LogP contribution in [-0.2, 0) is 11.2 Å². The van der Waals surface area contributed by atoms with Crippen molar-refractivity contribution in [2.75, 3.05) is 0 Å². The molecule has 2 aromatic heterocycles. The average Bonchev–Trinajstić information content (AvgIpc) is 3.17. The van der Waals surface area contributed by atoms with E-state index < -0.39 is 0 Å². The Hall–Kier alpha value is -3.44. The van der Waals surface area contributed by atoms with Crippen LogP contribution in [-0.4, -0.2) is 15.9 Å². The summed E-state index contributed by atoms with van der Waals surface area (Å²) in [6, 6.07) is 20.4. The van der Waals surface area contributed by atoms with E-state index in [1.54, 1.807) is 12.3 Å². The zero-order valence-electron chi connectivity index (χ0n) is 15.5. The largest absolute Gasteiger partial charge is 0.437 e. The first-order valence-electron chi connectivity index (χ1n) is 9.17. The monoisotopic (exact) mass is 403 g/mol. The lowest BCUT2D eigenvalue weighted by Gasteiger charge is -2.17. The van der Waals surface area contributed by atoms with Gasteiger partial charge in [0.15, 0.2) is 5.58 Å². The number of benzene rings is 2. The molecule has 0 saturated heterocycles. The van der Waals surface area contributed by atoms with Crippen LogP contribution in [0.4, 0.5) is 0 Å². The number of oxazole rings is 1. The number of hydrogen-bond acceptors (Lipinski definition) is 4. The maximum Gasteiger partial charge on any atom is 0.244 e. The van der Waals surface area contributed by atoms with Crippen molar-refractivity contribution in [3.63, 3.8) is 0 Å². The van der Waals surface area contributed by atoms with Crippen LogP contribution in [0.15, 0.2) is 83.4 Å². The number of aromatic nitrogens is 2. The molecule has 1 N–H and O–H groups in total. The Morgan fingerprint density at radius 2 is 1.86 bits per heavy atom. The number of amides is 1. The molecule has 2 aromatic carbocycles. The lowest BCUT2D eigenvalue weighted by atomic mass is 10.0. The fourth-order valence-electron chi connectivity index (χ4n) is 3.00. The van der Waals surface area contributed by atoms with Gasteiger partial charge < -0.3 is 9.73 Å². The van der Waals surface area contributed by atoms with Crippen LogP contribution in [0.1, 0.15) is 23.2 Å². The quantitative estimate of drug-likeness (QED) is 0.460. The minimum Gasteiger partial charge on any atom is -0.437 e. The standard InChI is InChI=1S/C23H18ClN3O2/c24-17-10-8-16(9-11-17)15-20(18-5-3-4-14-25-18)26-22(28)12-13-23-27-19-6-1-2-7-21(19)29-23/h1-14,20H,15H2,(H,26,28)/b13-12+. The molecule has 144 valence electrons. The highest BCUT2D eigenvalue weighted by molar-refractivity contribution is 6.30. The number of carbonyl (C=O) groups is 1. The molecule has 29 heavy (non-hydrogen) atoms. The Labute approximate surface area is 173 Å². The summed E-state index contributed by atoms with van der Waals surface area (Å²) in [5.74, 6) is 0.130. The van der Waals surface area contributed by atoms with Crippen molar-refractivity contribution in [1.82, 2.24) is 15.3 Å². The first kappa shape index (κ1) is 18.9. The second kappa shape index (κ2) is 8.71. The molecule has 2 heterocycles. The van der Waals surface area contributed by atoms with Gasteiger partial charge in [-0.15, -0.1) is 0 Å². The Morgan fingerprint density at radius 1 is 1.07 bits per heavy atom. The molecule has 0 fully saturated rings. The van der Waals surface area contributed by atoms with Gasteiger partial charge in [-0.25, -0.2) is 4.98 Å². The third-order valence-electron chi connectivity index (χ3n) is 4.40. The van der Waals surface area contributed by atoms with Crippen LogP contribution >= 0.6 is 11.6 Å². The summed E-state index contributed by atoms with van der Waals surface area (Å²) < 4.78 is 5.61. The number of fused-ring (bicyclic) bond motifs is 1. The van der Waals surface area contributed by atoms with Gasteiger partial charge in [0.05, 0.1) is 11.7 Å². The van der Waals surface area contributed by atoms with Crippen LogP contribution in [0.25, 0.3) is 17.2 Å². The van der Waals surface area contributed by atoms with Crippen molar-refractivity contribution in [3.8, 4) is 0 Å². The summed E-state index contributed by atoms with van der Waals surface area (Å²) in [5, 5.41) is 3.68. The minimum atomic E-state index is -0.279. The van der Waals surface area contributed by atoms with Crippen LogP contribution in [0.5, 0.6) is 0 Å². The van der Waals surface area contributed by atoms with E-state index in [-0.39, 0.29) is 11.9 Å². The number of hydrogen-bond donors (Lipinski definition) is 1. The third-order valence-corrected chi connectivity index (χ3v) is 4.65. The number of nitrogens with zero attached hydrogens (tertiary/aromatic N) is 2. The smallest absolute Gasteiger partial charge is 0.244 e. The van der Waals surface area contributed by atoms with Gasteiger partial charge >= 0.3 is 0 Å². The normalized spacial score (nSPS) is 12.3. The zero-order chi connectivity index (χ0) is 20.1. The molecule has 4 rings (SSSR count). The Bertz CT molecular complexity index is 1100. The first-order valence-corrected chi connectivity index (χ1v) is 9.55. The van der Waals surface area contributed by atoms with Gasteiger partial charge in [0.1, 0.15) is 5.52 Å². The molecule has 5 nitrogen and oxygen atoms in total. The molecule has 0 spiro atoms. The molecule has 1 unspecified atom stereocenters. The predicted octanol–water partition coefficient (Wildman–Crippen LogP) is 4.99. The van der Waals surface area contributed by atoms with Gasteiger partial charge in [-0.2, -0.15) is 0 Å². The molecular weight excluding hydrogens is 386 g/mol. The second-order valence-corrected chi connectivity index (χ2v) is 6.94. The SMILES string of the molecule is O=C(/C=C/c1nc2ccccc2o1)NC(Cc1ccc(Cl)cc1)c1ccccn1. The van der Waals surface area contributed by atoms with Crippen LogP contribution in [0, 0.1) is 0 Å². The van der Waals surface area contributed by atoms with E-state index in [0.717, 1.165) is 16.8 Å². The third kappa shape index (κ3) is 4.89. The predicted molar refractivity (Wildman–Crippen MR) is 113 cm³/mol. The van der Waals surface area contributed by atoms with Crippen molar-refractivity contribution in [2.24, 2.45) is 0 Å². The van der Waals surface area contributed by atoms with Crippen LogP contribution in [0.2, 0.25) is 5.02 Å². The van der Waals surface area contributed by atoms with Gasteiger partial charge in [0.2, 0.25) is 11.8 Å². The van der Waals surface area contributed by atoms with Crippen molar-refractivity contribution in [1.29, 1.82) is 0 Å². The molecule has 0 aliphatic rings. The highest BCUT2D eigenvalue weighted by Crippen LogP contribution is 2.19. The molecule has 0 saturated carbocycles. The van der Waals surface area contributed by atoms with Gasteiger partial charge in [0.25, 0.3) is 0 Å². The summed E-state index contributed by atoms with van der Waals surface area (Å²) in [6.45, 7) is 0. The number of para-hydroxylation sites is 2. The van der Waals surface area contributed by atoms with Crippen molar-refractivity contribution in [3.05, 3.63) is 101 Å². The summed E-state index contributed by atoms with van der Waals surface area (Å²) in [6.07, 6.45) is 5.29. The van der Waals surface area contributed by atoms with E-state index >= 15 is 0 Å². The molecule has 6 heteroatoms. The second-order valence-electron chi connectivity index (χ2n) is 6.50. The molecule has 1 atom stereocenters. The Morgan fingerprint density at radius 3 is 2.62 bits per heavy atom. The summed E-state index contributed by atoms with van der Waals surface area (Å²) in [4.78, 5) is 21.3. The number of carbonyl (C=O) groups excluding carboxylic acids is 1. The molecule has 4 aromatic rings. The number of halogens is 1. The van der Waals surface area contributed by atoms with Crippen LogP contribution < -0.4 is 5.32 Å². The summed E-state index contributed by atoms with van der Waals surface area (Å²) in [7, 11) is 0.